The van der Waals surface area contributed by atoms with Crippen LogP contribution in [-0.4, -0.2) is 24.0 Å². The molecule has 0 aromatic heterocycles. The molecule has 0 spiro atoms. The number of benzene rings is 1. The van der Waals surface area contributed by atoms with Crippen molar-refractivity contribution in [2.75, 3.05) is 13.1 Å². The Morgan fingerprint density at radius 1 is 1.14 bits per heavy atom. The van der Waals surface area contributed by atoms with Gasteiger partial charge in [0.25, 0.3) is 5.92 Å². The van der Waals surface area contributed by atoms with Gasteiger partial charge in [-0.1, -0.05) is 12.1 Å². The van der Waals surface area contributed by atoms with Crippen molar-refractivity contribution >= 4 is 0 Å². The van der Waals surface area contributed by atoms with Crippen molar-refractivity contribution in [1.29, 1.82) is 0 Å². The summed E-state index contributed by atoms with van der Waals surface area (Å²) >= 11 is 0. The van der Waals surface area contributed by atoms with Crippen molar-refractivity contribution in [2.45, 2.75) is 51.5 Å². The molecule has 1 fully saturated rings. The molecular formula is C17H24F3N. The number of halogens is 3. The van der Waals surface area contributed by atoms with E-state index in [-0.39, 0.29) is 12.0 Å². The van der Waals surface area contributed by atoms with Gasteiger partial charge in [0, 0.05) is 18.0 Å². The lowest BCUT2D eigenvalue weighted by Crippen LogP contribution is -2.38. The molecule has 1 aliphatic heterocycles. The molecule has 1 heterocycles. The van der Waals surface area contributed by atoms with E-state index in [2.05, 4.69) is 18.7 Å². The molecule has 0 amide bonds. The first-order valence-corrected chi connectivity index (χ1v) is 7.76. The number of hydrogen-bond donors (Lipinski definition) is 0. The van der Waals surface area contributed by atoms with Crippen molar-refractivity contribution in [3.8, 4) is 0 Å². The molecule has 2 rings (SSSR count). The molecular weight excluding hydrogens is 275 g/mol. The van der Waals surface area contributed by atoms with E-state index in [1.807, 2.05) is 0 Å². The predicted molar refractivity (Wildman–Crippen MR) is 79.0 cm³/mol. The topological polar surface area (TPSA) is 3.24 Å². The quantitative estimate of drug-likeness (QED) is 0.753. The molecule has 1 aromatic rings. The molecule has 0 N–H and O–H groups in total. The fourth-order valence-electron chi connectivity index (χ4n) is 2.98. The van der Waals surface area contributed by atoms with Gasteiger partial charge in [0.05, 0.1) is 0 Å². The van der Waals surface area contributed by atoms with E-state index in [0.717, 1.165) is 38.1 Å². The lowest BCUT2D eigenvalue weighted by molar-refractivity contribution is -0.0221. The molecule has 0 aliphatic carbocycles. The average Bonchev–Trinajstić information content (AvgIpc) is 2.46. The molecule has 1 saturated heterocycles. The van der Waals surface area contributed by atoms with E-state index >= 15 is 0 Å². The average molecular weight is 299 g/mol. The van der Waals surface area contributed by atoms with Crippen molar-refractivity contribution in [1.82, 2.24) is 4.90 Å². The zero-order valence-corrected chi connectivity index (χ0v) is 12.8. The Bertz CT molecular complexity index is 434. The largest absolute Gasteiger partial charge is 0.301 e. The molecule has 1 aromatic carbocycles. The van der Waals surface area contributed by atoms with Crippen LogP contribution in [0, 0.1) is 11.7 Å². The van der Waals surface area contributed by atoms with Gasteiger partial charge in [0.15, 0.2) is 0 Å². The van der Waals surface area contributed by atoms with Gasteiger partial charge in [-0.2, -0.15) is 0 Å². The van der Waals surface area contributed by atoms with Gasteiger partial charge in [-0.15, -0.1) is 0 Å². The van der Waals surface area contributed by atoms with Crippen LogP contribution in [0.4, 0.5) is 13.2 Å². The Hall–Kier alpha value is -1.03. The minimum absolute atomic E-state index is 0.0801. The Labute approximate surface area is 125 Å². The summed E-state index contributed by atoms with van der Waals surface area (Å²) in [4.78, 5) is 2.40. The SMILES string of the molecule is CC(C)N1CCC(CCC(F)(F)c2ccc(F)cc2)CC1. The third-order valence-electron chi connectivity index (χ3n) is 4.51. The smallest absolute Gasteiger partial charge is 0.273 e. The maximum absolute atomic E-state index is 14.1. The molecule has 0 saturated carbocycles. The minimum atomic E-state index is -2.86. The summed E-state index contributed by atoms with van der Waals surface area (Å²) in [7, 11) is 0. The van der Waals surface area contributed by atoms with Crippen LogP contribution < -0.4 is 0 Å². The maximum Gasteiger partial charge on any atom is 0.273 e. The predicted octanol–water partition coefficient (Wildman–Crippen LogP) is 4.82. The van der Waals surface area contributed by atoms with E-state index in [9.17, 15) is 13.2 Å². The summed E-state index contributed by atoms with van der Waals surface area (Å²) in [5.41, 5.74) is -0.0801. The number of nitrogens with zero attached hydrogens (tertiary/aromatic N) is 1. The van der Waals surface area contributed by atoms with Gasteiger partial charge >= 0.3 is 0 Å². The fraction of sp³-hybridized carbons (Fsp3) is 0.647. The van der Waals surface area contributed by atoms with Crippen molar-refractivity contribution in [3.05, 3.63) is 35.6 Å². The molecule has 4 heteroatoms. The lowest BCUT2D eigenvalue weighted by atomic mass is 9.89. The third-order valence-corrected chi connectivity index (χ3v) is 4.51. The molecule has 1 aliphatic rings. The summed E-state index contributed by atoms with van der Waals surface area (Å²) in [6, 6.07) is 5.12. The van der Waals surface area contributed by atoms with E-state index in [1.54, 1.807) is 0 Å². The van der Waals surface area contributed by atoms with Gasteiger partial charge in [0.2, 0.25) is 0 Å². The van der Waals surface area contributed by atoms with Crippen molar-refractivity contribution in [2.24, 2.45) is 5.92 Å². The van der Waals surface area contributed by atoms with Crippen LogP contribution in [0.1, 0.15) is 45.1 Å². The number of rotatable bonds is 5. The number of piperidine rings is 1. The van der Waals surface area contributed by atoms with Gasteiger partial charge < -0.3 is 4.90 Å². The van der Waals surface area contributed by atoms with Crippen LogP contribution in [0.3, 0.4) is 0 Å². The summed E-state index contributed by atoms with van der Waals surface area (Å²) in [6.45, 7) is 6.35. The second kappa shape index (κ2) is 6.82. The Kier molecular flexibility index (Phi) is 5.31. The Morgan fingerprint density at radius 3 is 2.24 bits per heavy atom. The van der Waals surface area contributed by atoms with E-state index in [0.29, 0.717) is 18.4 Å². The first-order chi connectivity index (χ1) is 9.88. The number of likely N-dealkylation sites (tertiary alicyclic amines) is 1. The zero-order chi connectivity index (χ0) is 15.5. The molecule has 0 unspecified atom stereocenters. The van der Waals surface area contributed by atoms with Crippen LogP contribution in [0.2, 0.25) is 0 Å². The molecule has 0 bridgehead atoms. The van der Waals surface area contributed by atoms with E-state index < -0.39 is 11.7 Å². The first kappa shape index (κ1) is 16.3. The maximum atomic E-state index is 14.1. The first-order valence-electron chi connectivity index (χ1n) is 7.76. The standard InChI is InChI=1S/C17H24F3N/c1-13(2)21-11-8-14(9-12-21)7-10-17(19,20)15-3-5-16(18)6-4-15/h3-6,13-14H,7-12H2,1-2H3. The lowest BCUT2D eigenvalue weighted by Gasteiger charge is -2.35. The van der Waals surface area contributed by atoms with Crippen LogP contribution in [0.15, 0.2) is 24.3 Å². The van der Waals surface area contributed by atoms with Gasteiger partial charge in [-0.25, -0.2) is 13.2 Å². The van der Waals surface area contributed by atoms with Crippen LogP contribution >= 0.6 is 0 Å². The summed E-state index contributed by atoms with van der Waals surface area (Å²) < 4.78 is 41.0. The van der Waals surface area contributed by atoms with E-state index in [1.165, 1.54) is 12.1 Å². The van der Waals surface area contributed by atoms with Gasteiger partial charge in [-0.05, 0) is 64.3 Å². The Balaban J connectivity index is 1.84. The zero-order valence-electron chi connectivity index (χ0n) is 12.8. The van der Waals surface area contributed by atoms with Crippen molar-refractivity contribution < 1.29 is 13.2 Å². The molecule has 118 valence electrons. The van der Waals surface area contributed by atoms with Gasteiger partial charge in [0.1, 0.15) is 5.82 Å². The molecule has 0 radical (unpaired) electrons. The highest BCUT2D eigenvalue weighted by atomic mass is 19.3. The van der Waals surface area contributed by atoms with Crippen LogP contribution in [0.25, 0.3) is 0 Å². The minimum Gasteiger partial charge on any atom is -0.301 e. The highest BCUT2D eigenvalue weighted by molar-refractivity contribution is 5.20. The van der Waals surface area contributed by atoms with Crippen LogP contribution in [0.5, 0.6) is 0 Å². The second-order valence-corrected chi connectivity index (χ2v) is 6.32. The highest BCUT2D eigenvalue weighted by Gasteiger charge is 2.32. The van der Waals surface area contributed by atoms with Crippen molar-refractivity contribution in [3.63, 3.8) is 0 Å². The second-order valence-electron chi connectivity index (χ2n) is 6.32. The normalized spacial score (nSPS) is 18.4. The highest BCUT2D eigenvalue weighted by Crippen LogP contribution is 2.36. The van der Waals surface area contributed by atoms with Crippen LogP contribution in [-0.2, 0) is 5.92 Å². The van der Waals surface area contributed by atoms with Gasteiger partial charge in [-0.3, -0.25) is 0 Å². The monoisotopic (exact) mass is 299 g/mol. The third kappa shape index (κ3) is 4.47. The molecule has 21 heavy (non-hydrogen) atoms. The molecule has 1 nitrogen and oxygen atoms in total. The fourth-order valence-corrected chi connectivity index (χ4v) is 2.98. The number of alkyl halides is 2. The summed E-state index contributed by atoms with van der Waals surface area (Å²) in [6.07, 6.45) is 2.39. The Morgan fingerprint density at radius 2 is 1.71 bits per heavy atom. The van der Waals surface area contributed by atoms with E-state index in [4.69, 9.17) is 0 Å². The molecule has 0 atom stereocenters. The summed E-state index contributed by atoms with van der Waals surface area (Å²) in [5, 5.41) is 0. The summed E-state index contributed by atoms with van der Waals surface area (Å²) in [5.74, 6) is -2.95. The number of hydrogen-bond acceptors (Lipinski definition) is 1.